The second-order valence-corrected chi connectivity index (χ2v) is 5.07. The summed E-state index contributed by atoms with van der Waals surface area (Å²) in [5.41, 5.74) is 1.49. The summed E-state index contributed by atoms with van der Waals surface area (Å²) in [5.74, 6) is 1.26. The molecule has 1 aromatic carbocycles. The fourth-order valence-electron chi connectivity index (χ4n) is 2.58. The van der Waals surface area contributed by atoms with E-state index in [9.17, 15) is 9.90 Å². The van der Waals surface area contributed by atoms with Crippen LogP contribution in [0.1, 0.15) is 28.8 Å². The number of aliphatic hydroxyl groups is 1. The summed E-state index contributed by atoms with van der Waals surface area (Å²) < 4.78 is 10.6. The molecule has 1 amide bonds. The van der Waals surface area contributed by atoms with Gasteiger partial charge in [0, 0.05) is 18.7 Å². The number of piperidine rings is 1. The molecule has 102 valence electrons. The van der Waals surface area contributed by atoms with E-state index in [4.69, 9.17) is 9.47 Å². The Balaban J connectivity index is 1.87. The first kappa shape index (κ1) is 12.3. The molecule has 1 fully saturated rings. The number of β-amino-alcohol motifs (C(OH)–C–C–N with tert-alkyl or cyclic N) is 1. The van der Waals surface area contributed by atoms with Gasteiger partial charge in [-0.1, -0.05) is 0 Å². The number of likely N-dealkylation sites (tertiary alicyclic amines) is 1. The van der Waals surface area contributed by atoms with Crippen molar-refractivity contribution in [3.05, 3.63) is 23.3 Å². The van der Waals surface area contributed by atoms with Crippen LogP contribution in [0, 0.1) is 6.92 Å². The van der Waals surface area contributed by atoms with Crippen LogP contribution in [0.5, 0.6) is 11.5 Å². The second kappa shape index (κ2) is 4.74. The lowest BCUT2D eigenvalue weighted by atomic mass is 10.0. The fraction of sp³-hybridized carbons (Fsp3) is 0.500. The Labute approximate surface area is 111 Å². The summed E-state index contributed by atoms with van der Waals surface area (Å²) >= 11 is 0. The minimum Gasteiger partial charge on any atom is -0.454 e. The van der Waals surface area contributed by atoms with Gasteiger partial charge >= 0.3 is 0 Å². The fourth-order valence-corrected chi connectivity index (χ4v) is 2.58. The molecule has 0 radical (unpaired) electrons. The van der Waals surface area contributed by atoms with Crippen molar-refractivity contribution in [2.45, 2.75) is 25.9 Å². The van der Waals surface area contributed by atoms with E-state index in [0.29, 0.717) is 30.2 Å². The molecule has 1 aromatic rings. The molecule has 1 N–H and O–H groups in total. The molecule has 5 nitrogen and oxygen atoms in total. The smallest absolute Gasteiger partial charge is 0.254 e. The Morgan fingerprint density at radius 1 is 1.37 bits per heavy atom. The number of rotatable bonds is 1. The minimum atomic E-state index is -0.410. The van der Waals surface area contributed by atoms with Crippen molar-refractivity contribution in [3.63, 3.8) is 0 Å². The van der Waals surface area contributed by atoms with E-state index in [1.54, 1.807) is 11.0 Å². The van der Waals surface area contributed by atoms with E-state index in [1.807, 2.05) is 13.0 Å². The molecule has 19 heavy (non-hydrogen) atoms. The van der Waals surface area contributed by atoms with E-state index in [1.165, 1.54) is 0 Å². The number of fused-ring (bicyclic) bond motifs is 1. The molecule has 2 aliphatic heterocycles. The molecule has 2 aliphatic rings. The van der Waals surface area contributed by atoms with Gasteiger partial charge in [0.1, 0.15) is 0 Å². The van der Waals surface area contributed by atoms with Gasteiger partial charge in [0.25, 0.3) is 5.91 Å². The summed E-state index contributed by atoms with van der Waals surface area (Å²) in [6, 6.07) is 3.57. The number of amides is 1. The maximum atomic E-state index is 12.5. The van der Waals surface area contributed by atoms with Crippen molar-refractivity contribution >= 4 is 5.91 Å². The predicted octanol–water partition coefficient (Wildman–Crippen LogP) is 1.32. The van der Waals surface area contributed by atoms with Crippen LogP contribution in [0.2, 0.25) is 0 Å². The zero-order valence-corrected chi connectivity index (χ0v) is 10.9. The van der Waals surface area contributed by atoms with Crippen molar-refractivity contribution in [3.8, 4) is 11.5 Å². The van der Waals surface area contributed by atoms with E-state index in [0.717, 1.165) is 18.4 Å². The normalized spacial score (nSPS) is 21.6. The van der Waals surface area contributed by atoms with Gasteiger partial charge in [0.2, 0.25) is 6.79 Å². The Morgan fingerprint density at radius 3 is 2.84 bits per heavy atom. The summed E-state index contributed by atoms with van der Waals surface area (Å²) in [6.45, 7) is 3.20. The maximum absolute atomic E-state index is 12.5. The van der Waals surface area contributed by atoms with Crippen molar-refractivity contribution < 1.29 is 19.4 Å². The third-order valence-corrected chi connectivity index (χ3v) is 3.63. The van der Waals surface area contributed by atoms with Gasteiger partial charge in [-0.15, -0.1) is 0 Å². The lowest BCUT2D eigenvalue weighted by Gasteiger charge is -2.30. The van der Waals surface area contributed by atoms with Gasteiger partial charge in [0.05, 0.1) is 6.10 Å². The molecule has 1 atom stereocenters. The second-order valence-electron chi connectivity index (χ2n) is 5.07. The topological polar surface area (TPSA) is 59.0 Å². The first-order chi connectivity index (χ1) is 9.15. The standard InChI is InChI=1S/C14H17NO4/c1-9-5-12-13(19-8-18-12)6-11(9)14(17)15-4-2-3-10(16)7-15/h5-6,10,16H,2-4,7-8H2,1H3. The van der Waals surface area contributed by atoms with Gasteiger partial charge in [-0.2, -0.15) is 0 Å². The largest absolute Gasteiger partial charge is 0.454 e. The average molecular weight is 263 g/mol. The third-order valence-electron chi connectivity index (χ3n) is 3.63. The van der Waals surface area contributed by atoms with Crippen LogP contribution in [-0.4, -0.2) is 41.9 Å². The summed E-state index contributed by atoms with van der Waals surface area (Å²) in [7, 11) is 0. The molecule has 1 unspecified atom stereocenters. The lowest BCUT2D eigenvalue weighted by molar-refractivity contribution is 0.0473. The van der Waals surface area contributed by atoms with Gasteiger partial charge in [-0.3, -0.25) is 4.79 Å². The zero-order valence-electron chi connectivity index (χ0n) is 10.9. The number of hydrogen-bond acceptors (Lipinski definition) is 4. The van der Waals surface area contributed by atoms with Crippen molar-refractivity contribution in [1.29, 1.82) is 0 Å². The minimum absolute atomic E-state index is 0.0467. The van der Waals surface area contributed by atoms with E-state index in [2.05, 4.69) is 0 Å². The average Bonchev–Trinajstić information content (AvgIpc) is 2.84. The molecule has 3 rings (SSSR count). The van der Waals surface area contributed by atoms with Crippen LogP contribution in [0.15, 0.2) is 12.1 Å². The van der Waals surface area contributed by atoms with E-state index in [-0.39, 0.29) is 12.7 Å². The highest BCUT2D eigenvalue weighted by Gasteiger charge is 2.26. The zero-order chi connectivity index (χ0) is 13.4. The molecule has 2 heterocycles. The molecular weight excluding hydrogens is 246 g/mol. The maximum Gasteiger partial charge on any atom is 0.254 e. The van der Waals surface area contributed by atoms with Crippen LogP contribution in [0.3, 0.4) is 0 Å². The Bertz CT molecular complexity index is 514. The highest BCUT2D eigenvalue weighted by molar-refractivity contribution is 5.96. The van der Waals surface area contributed by atoms with E-state index < -0.39 is 6.10 Å². The number of nitrogens with zero attached hydrogens (tertiary/aromatic N) is 1. The Kier molecular flexibility index (Phi) is 3.06. The number of carbonyl (C=O) groups excluding carboxylic acids is 1. The molecule has 0 saturated carbocycles. The van der Waals surface area contributed by atoms with Crippen LogP contribution in [-0.2, 0) is 0 Å². The summed E-state index contributed by atoms with van der Waals surface area (Å²) in [4.78, 5) is 14.2. The van der Waals surface area contributed by atoms with Crippen LogP contribution in [0.4, 0.5) is 0 Å². The highest BCUT2D eigenvalue weighted by atomic mass is 16.7. The number of carbonyl (C=O) groups is 1. The van der Waals surface area contributed by atoms with Gasteiger partial charge in [-0.05, 0) is 37.5 Å². The number of hydrogen-bond donors (Lipinski definition) is 1. The van der Waals surface area contributed by atoms with Crippen LogP contribution in [0.25, 0.3) is 0 Å². The highest BCUT2D eigenvalue weighted by Crippen LogP contribution is 2.35. The van der Waals surface area contributed by atoms with E-state index >= 15 is 0 Å². The third kappa shape index (κ3) is 2.26. The van der Waals surface area contributed by atoms with Gasteiger partial charge in [-0.25, -0.2) is 0 Å². The SMILES string of the molecule is Cc1cc2c(cc1C(=O)N1CCCC(O)C1)OCO2. The lowest BCUT2D eigenvalue weighted by Crippen LogP contribution is -2.42. The predicted molar refractivity (Wildman–Crippen MR) is 68.4 cm³/mol. The van der Waals surface area contributed by atoms with Crippen molar-refractivity contribution in [1.82, 2.24) is 4.90 Å². The van der Waals surface area contributed by atoms with Crippen molar-refractivity contribution in [2.24, 2.45) is 0 Å². The summed E-state index contributed by atoms with van der Waals surface area (Å²) in [6.07, 6.45) is 1.20. The molecular formula is C14H17NO4. The number of aliphatic hydroxyl groups excluding tert-OH is 1. The Hall–Kier alpha value is -1.75. The molecule has 0 bridgehead atoms. The van der Waals surface area contributed by atoms with Crippen molar-refractivity contribution in [2.75, 3.05) is 19.9 Å². The first-order valence-corrected chi connectivity index (χ1v) is 6.53. The number of ether oxygens (including phenoxy) is 2. The Morgan fingerprint density at radius 2 is 2.11 bits per heavy atom. The molecule has 0 aromatic heterocycles. The van der Waals surface area contributed by atoms with Crippen LogP contribution < -0.4 is 9.47 Å². The molecule has 0 aliphatic carbocycles. The molecule has 0 spiro atoms. The first-order valence-electron chi connectivity index (χ1n) is 6.53. The molecule has 5 heteroatoms. The van der Waals surface area contributed by atoms with Gasteiger partial charge in [0.15, 0.2) is 11.5 Å². The monoisotopic (exact) mass is 263 g/mol. The van der Waals surface area contributed by atoms with Gasteiger partial charge < -0.3 is 19.5 Å². The summed E-state index contributed by atoms with van der Waals surface area (Å²) in [5, 5.41) is 9.66. The quantitative estimate of drug-likeness (QED) is 0.830. The number of benzene rings is 1. The molecule has 1 saturated heterocycles. The van der Waals surface area contributed by atoms with Crippen LogP contribution >= 0.6 is 0 Å². The number of aryl methyl sites for hydroxylation is 1.